The summed E-state index contributed by atoms with van der Waals surface area (Å²) in [4.78, 5) is 36.6. The third-order valence-corrected chi connectivity index (χ3v) is 7.82. The highest BCUT2D eigenvalue weighted by Gasteiger charge is 2.31. The summed E-state index contributed by atoms with van der Waals surface area (Å²) in [6, 6.07) is 10.3. The van der Waals surface area contributed by atoms with Crippen molar-refractivity contribution < 1.29 is 22.8 Å². The molecule has 0 unspecified atom stereocenters. The summed E-state index contributed by atoms with van der Waals surface area (Å²) in [5, 5.41) is 4.83. The molecule has 0 aromatic heterocycles. The lowest BCUT2D eigenvalue weighted by Crippen LogP contribution is -2.38. The number of amides is 3. The van der Waals surface area contributed by atoms with Crippen LogP contribution in [0.1, 0.15) is 63.2 Å². The fourth-order valence-electron chi connectivity index (χ4n) is 4.10. The van der Waals surface area contributed by atoms with E-state index in [1.165, 1.54) is 40.7 Å². The third kappa shape index (κ3) is 3.98. The molecule has 2 aromatic rings. The van der Waals surface area contributed by atoms with Gasteiger partial charge in [0.2, 0.25) is 10.0 Å². The van der Waals surface area contributed by atoms with Crippen molar-refractivity contribution in [1.82, 2.24) is 9.62 Å². The predicted octanol–water partition coefficient (Wildman–Crippen LogP) is 2.78. The smallest absolute Gasteiger partial charge is 0.261 e. The van der Waals surface area contributed by atoms with Crippen LogP contribution in [-0.2, 0) is 10.0 Å². The molecule has 1 fully saturated rings. The maximum absolute atomic E-state index is 12.9. The van der Waals surface area contributed by atoms with E-state index < -0.39 is 27.7 Å². The Kier molecular flexibility index (Phi) is 5.63. The number of carbonyl (C=O) groups excluding carboxylic acids is 3. The number of nitrogens with zero attached hydrogens (tertiary/aromatic N) is 1. The number of sulfonamides is 1. The first kappa shape index (κ1) is 21.2. The molecule has 8 nitrogen and oxygen atoms in total. The molecule has 1 aliphatic carbocycles. The maximum atomic E-state index is 12.9. The number of hydrogen-bond donors (Lipinski definition) is 2. The first-order chi connectivity index (χ1) is 14.8. The van der Waals surface area contributed by atoms with Crippen molar-refractivity contribution in [2.24, 2.45) is 0 Å². The molecular formula is C22H23N3O5S. The van der Waals surface area contributed by atoms with Gasteiger partial charge in [-0.15, -0.1) is 0 Å². The topological polar surface area (TPSA) is 113 Å². The minimum absolute atomic E-state index is 0.00393. The van der Waals surface area contributed by atoms with Crippen molar-refractivity contribution in [3.8, 4) is 0 Å². The van der Waals surface area contributed by atoms with Gasteiger partial charge in [-0.1, -0.05) is 25.3 Å². The van der Waals surface area contributed by atoms with Crippen LogP contribution >= 0.6 is 0 Å². The summed E-state index contributed by atoms with van der Waals surface area (Å²) in [5.74, 6) is -1.58. The van der Waals surface area contributed by atoms with Crippen LogP contribution in [0.3, 0.4) is 0 Å². The molecule has 0 bridgehead atoms. The molecule has 0 atom stereocenters. The van der Waals surface area contributed by atoms with Crippen LogP contribution in [0, 0.1) is 0 Å². The largest absolute Gasteiger partial charge is 0.321 e. The number of carbonyl (C=O) groups is 3. The van der Waals surface area contributed by atoms with E-state index in [0.29, 0.717) is 0 Å². The number of fused-ring (bicyclic) bond motifs is 1. The van der Waals surface area contributed by atoms with Gasteiger partial charge in [0.05, 0.1) is 21.7 Å². The second-order valence-electron chi connectivity index (χ2n) is 7.80. The van der Waals surface area contributed by atoms with Gasteiger partial charge in [0.25, 0.3) is 17.7 Å². The Morgan fingerprint density at radius 2 is 1.68 bits per heavy atom. The zero-order chi connectivity index (χ0) is 22.2. The first-order valence-electron chi connectivity index (χ1n) is 10.2. The molecule has 4 rings (SSSR count). The fraction of sp³-hybridized carbons (Fsp3) is 0.318. The van der Waals surface area contributed by atoms with Crippen molar-refractivity contribution in [2.75, 3.05) is 12.4 Å². The third-order valence-electron chi connectivity index (χ3n) is 5.89. The number of rotatable bonds is 5. The molecule has 9 heteroatoms. The van der Waals surface area contributed by atoms with Crippen LogP contribution in [-0.4, -0.2) is 43.5 Å². The van der Waals surface area contributed by atoms with Crippen LogP contribution in [0.4, 0.5) is 5.69 Å². The van der Waals surface area contributed by atoms with Crippen molar-refractivity contribution in [2.45, 2.75) is 43.0 Å². The number of nitrogens with one attached hydrogen (secondary N) is 2. The van der Waals surface area contributed by atoms with E-state index in [1.807, 2.05) is 0 Å². The molecule has 2 aromatic carbocycles. The predicted molar refractivity (Wildman–Crippen MR) is 114 cm³/mol. The van der Waals surface area contributed by atoms with Crippen molar-refractivity contribution in [1.29, 1.82) is 0 Å². The number of hydrogen-bond acceptors (Lipinski definition) is 5. The van der Waals surface area contributed by atoms with Gasteiger partial charge in [-0.25, -0.2) is 8.42 Å². The van der Waals surface area contributed by atoms with Crippen LogP contribution in [0.25, 0.3) is 0 Å². The summed E-state index contributed by atoms with van der Waals surface area (Å²) in [6.45, 7) is 0. The Bertz CT molecular complexity index is 1150. The Balaban J connectivity index is 1.52. The normalized spacial score (nSPS) is 16.8. The van der Waals surface area contributed by atoms with E-state index in [0.717, 1.165) is 32.1 Å². The Morgan fingerprint density at radius 3 is 2.35 bits per heavy atom. The molecule has 1 saturated carbocycles. The first-order valence-corrected chi connectivity index (χ1v) is 11.6. The molecule has 0 radical (unpaired) electrons. The van der Waals surface area contributed by atoms with E-state index in [4.69, 9.17) is 0 Å². The molecule has 2 aliphatic rings. The second kappa shape index (κ2) is 8.24. The van der Waals surface area contributed by atoms with Gasteiger partial charge in [-0.3, -0.25) is 19.7 Å². The summed E-state index contributed by atoms with van der Waals surface area (Å²) in [6.07, 6.45) is 4.89. The number of imide groups is 1. The highest BCUT2D eigenvalue weighted by atomic mass is 32.2. The lowest BCUT2D eigenvalue weighted by molar-refractivity contribution is 0.0879. The molecule has 0 saturated heterocycles. The highest BCUT2D eigenvalue weighted by molar-refractivity contribution is 7.89. The summed E-state index contributed by atoms with van der Waals surface area (Å²) in [5.41, 5.74) is 0.783. The molecule has 0 spiro atoms. The molecule has 31 heavy (non-hydrogen) atoms. The Hall–Kier alpha value is -3.04. The molecule has 1 aliphatic heterocycles. The quantitative estimate of drug-likeness (QED) is 0.693. The summed E-state index contributed by atoms with van der Waals surface area (Å²) >= 11 is 0. The Labute approximate surface area is 180 Å². The molecule has 2 N–H and O–H groups in total. The van der Waals surface area contributed by atoms with E-state index in [-0.39, 0.29) is 33.3 Å². The van der Waals surface area contributed by atoms with E-state index in [1.54, 1.807) is 13.1 Å². The highest BCUT2D eigenvalue weighted by Crippen LogP contribution is 2.27. The van der Waals surface area contributed by atoms with Crippen molar-refractivity contribution in [3.63, 3.8) is 0 Å². The van der Waals surface area contributed by atoms with Crippen molar-refractivity contribution >= 4 is 33.4 Å². The summed E-state index contributed by atoms with van der Waals surface area (Å²) < 4.78 is 27.3. The van der Waals surface area contributed by atoms with Crippen LogP contribution in [0.15, 0.2) is 47.4 Å². The number of anilines is 1. The van der Waals surface area contributed by atoms with Gasteiger partial charge < -0.3 is 5.32 Å². The molecule has 3 amide bonds. The lowest BCUT2D eigenvalue weighted by Gasteiger charge is -2.30. The summed E-state index contributed by atoms with van der Waals surface area (Å²) in [7, 11) is -2.04. The lowest BCUT2D eigenvalue weighted by atomic mass is 9.96. The van der Waals surface area contributed by atoms with E-state index in [2.05, 4.69) is 10.6 Å². The van der Waals surface area contributed by atoms with Gasteiger partial charge in [-0.05, 0) is 49.2 Å². The molecule has 1 heterocycles. The van der Waals surface area contributed by atoms with Gasteiger partial charge >= 0.3 is 0 Å². The van der Waals surface area contributed by atoms with Crippen LogP contribution in [0.2, 0.25) is 0 Å². The molecule has 162 valence electrons. The molecular weight excluding hydrogens is 418 g/mol. The van der Waals surface area contributed by atoms with Gasteiger partial charge in [0.1, 0.15) is 0 Å². The zero-order valence-corrected chi connectivity index (χ0v) is 17.9. The van der Waals surface area contributed by atoms with Crippen LogP contribution < -0.4 is 10.6 Å². The van der Waals surface area contributed by atoms with E-state index >= 15 is 0 Å². The average Bonchev–Trinajstić information content (AvgIpc) is 3.08. The average molecular weight is 442 g/mol. The monoisotopic (exact) mass is 441 g/mol. The van der Waals surface area contributed by atoms with Gasteiger partial charge in [0, 0.05) is 18.7 Å². The Morgan fingerprint density at radius 1 is 1.00 bits per heavy atom. The van der Waals surface area contributed by atoms with Crippen LogP contribution in [0.5, 0.6) is 0 Å². The number of benzene rings is 2. The standard InChI is InChI=1S/C22H23N3O5S/c1-25(15-6-3-2-4-7-15)31(29,30)16-12-10-14(11-13-16)20(26)23-18-9-5-8-17-19(18)22(28)24-21(17)27/h5,8-13,15H,2-4,6-7H2,1H3,(H,23,26)(H,24,27,28). The van der Waals surface area contributed by atoms with Gasteiger partial charge in [0.15, 0.2) is 0 Å². The fourth-order valence-corrected chi connectivity index (χ4v) is 5.52. The zero-order valence-electron chi connectivity index (χ0n) is 17.1. The van der Waals surface area contributed by atoms with E-state index in [9.17, 15) is 22.8 Å². The van der Waals surface area contributed by atoms with Crippen molar-refractivity contribution in [3.05, 3.63) is 59.2 Å². The second-order valence-corrected chi connectivity index (χ2v) is 9.80. The van der Waals surface area contributed by atoms with Gasteiger partial charge in [-0.2, -0.15) is 4.31 Å². The SMILES string of the molecule is CN(C1CCCCC1)S(=O)(=O)c1ccc(C(=O)Nc2cccc3c2C(=O)NC3=O)cc1. The minimum Gasteiger partial charge on any atom is -0.321 e. The minimum atomic E-state index is -3.65. The maximum Gasteiger partial charge on any atom is 0.261 e.